The topological polar surface area (TPSA) is 84.2 Å². The maximum Gasteiger partial charge on any atom is 0.266 e. The first-order valence-corrected chi connectivity index (χ1v) is 7.39. The zero-order chi connectivity index (χ0) is 15.4. The van der Waals surface area contributed by atoms with E-state index in [2.05, 4.69) is 10.6 Å². The van der Waals surface area contributed by atoms with Crippen LogP contribution in [0, 0.1) is 6.92 Å². The number of para-hydroxylation sites is 1. The smallest absolute Gasteiger partial charge is 0.266 e. The van der Waals surface area contributed by atoms with Gasteiger partial charge in [-0.1, -0.05) is 18.2 Å². The Bertz CT molecular complexity index is 665. The maximum atomic E-state index is 12.3. The Morgan fingerprint density at radius 2 is 1.86 bits per heavy atom. The molecule has 0 saturated heterocycles. The van der Waals surface area contributed by atoms with Crippen LogP contribution in [0.25, 0.3) is 0 Å². The maximum absolute atomic E-state index is 12.3. The zero-order valence-electron chi connectivity index (χ0n) is 11.9. The molecule has 110 valence electrons. The van der Waals surface area contributed by atoms with Crippen LogP contribution in [0.3, 0.4) is 0 Å². The third-order valence-electron chi connectivity index (χ3n) is 2.98. The van der Waals surface area contributed by atoms with Crippen LogP contribution in [-0.2, 0) is 0 Å². The number of nitrogens with two attached hydrogens (primary N) is 1. The lowest BCUT2D eigenvalue weighted by Gasteiger charge is -2.05. The summed E-state index contributed by atoms with van der Waals surface area (Å²) in [7, 11) is 0. The molecule has 4 N–H and O–H groups in total. The van der Waals surface area contributed by atoms with Gasteiger partial charge in [0.15, 0.2) is 0 Å². The van der Waals surface area contributed by atoms with Crippen molar-refractivity contribution in [1.29, 1.82) is 0 Å². The minimum absolute atomic E-state index is 0.248. The first kappa shape index (κ1) is 15.1. The van der Waals surface area contributed by atoms with Gasteiger partial charge in [-0.3, -0.25) is 9.59 Å². The number of hydrogen-bond acceptors (Lipinski definition) is 4. The number of anilines is 2. The Labute approximate surface area is 127 Å². The molecule has 1 aromatic heterocycles. The lowest BCUT2D eigenvalue weighted by atomic mass is 10.1. The van der Waals surface area contributed by atoms with Gasteiger partial charge in [0.25, 0.3) is 11.8 Å². The second kappa shape index (κ2) is 6.41. The van der Waals surface area contributed by atoms with Crippen LogP contribution in [0.4, 0.5) is 10.7 Å². The Hall–Kier alpha value is -2.34. The number of benzene rings is 1. The highest BCUT2D eigenvalue weighted by Crippen LogP contribution is 2.31. The first-order chi connectivity index (χ1) is 10.0. The number of amides is 2. The standard InChI is InChI=1S/C15H17N3O2S/c1-3-17-14(19)11-9(2)12(21-13(11)16)15(20)18-10-7-5-4-6-8-10/h4-8H,3,16H2,1-2H3,(H,17,19)(H,18,20). The van der Waals surface area contributed by atoms with E-state index in [-0.39, 0.29) is 11.8 Å². The second-order valence-corrected chi connectivity index (χ2v) is 5.53. The highest BCUT2D eigenvalue weighted by Gasteiger charge is 2.22. The molecule has 0 radical (unpaired) electrons. The SMILES string of the molecule is CCNC(=O)c1c(N)sc(C(=O)Nc2ccccc2)c1C. The van der Waals surface area contributed by atoms with Crippen molar-refractivity contribution >= 4 is 33.8 Å². The van der Waals surface area contributed by atoms with E-state index in [0.29, 0.717) is 33.2 Å². The summed E-state index contributed by atoms with van der Waals surface area (Å²) in [5.41, 5.74) is 7.58. The van der Waals surface area contributed by atoms with Gasteiger partial charge in [0.05, 0.1) is 15.4 Å². The van der Waals surface area contributed by atoms with E-state index >= 15 is 0 Å². The molecule has 0 aliphatic carbocycles. The van der Waals surface area contributed by atoms with E-state index in [1.807, 2.05) is 25.1 Å². The van der Waals surface area contributed by atoms with Gasteiger partial charge in [-0.15, -0.1) is 11.3 Å². The summed E-state index contributed by atoms with van der Waals surface area (Å²) in [6, 6.07) is 9.15. The number of rotatable bonds is 4. The molecular formula is C15H17N3O2S. The van der Waals surface area contributed by atoms with Crippen LogP contribution >= 0.6 is 11.3 Å². The molecule has 2 aromatic rings. The quantitative estimate of drug-likeness (QED) is 0.812. The Kier molecular flexibility index (Phi) is 4.59. The fraction of sp³-hybridized carbons (Fsp3) is 0.200. The molecule has 2 rings (SSSR count). The van der Waals surface area contributed by atoms with Gasteiger partial charge in [-0.05, 0) is 31.5 Å². The minimum atomic E-state index is -0.258. The lowest BCUT2D eigenvalue weighted by molar-refractivity contribution is 0.0956. The lowest BCUT2D eigenvalue weighted by Crippen LogP contribution is -2.24. The van der Waals surface area contributed by atoms with Gasteiger partial charge in [-0.2, -0.15) is 0 Å². The fourth-order valence-corrected chi connectivity index (χ4v) is 2.96. The van der Waals surface area contributed by atoms with Crippen molar-refractivity contribution < 1.29 is 9.59 Å². The average molecular weight is 303 g/mol. The molecule has 0 aliphatic heterocycles. The van der Waals surface area contributed by atoms with Crippen molar-refractivity contribution in [3.05, 3.63) is 46.3 Å². The van der Waals surface area contributed by atoms with E-state index < -0.39 is 0 Å². The number of carbonyl (C=O) groups is 2. The number of hydrogen-bond donors (Lipinski definition) is 3. The van der Waals surface area contributed by atoms with Crippen molar-refractivity contribution in [3.8, 4) is 0 Å². The average Bonchev–Trinajstić information content (AvgIpc) is 2.75. The third-order valence-corrected chi connectivity index (χ3v) is 4.10. The number of nitrogens with one attached hydrogen (secondary N) is 2. The molecule has 5 nitrogen and oxygen atoms in total. The summed E-state index contributed by atoms with van der Waals surface area (Å²) in [5.74, 6) is -0.506. The second-order valence-electron chi connectivity index (χ2n) is 4.48. The minimum Gasteiger partial charge on any atom is -0.390 e. The predicted octanol–water partition coefficient (Wildman–Crippen LogP) is 2.64. The van der Waals surface area contributed by atoms with Gasteiger partial charge in [-0.25, -0.2) is 0 Å². The Morgan fingerprint density at radius 1 is 1.19 bits per heavy atom. The molecule has 0 atom stereocenters. The largest absolute Gasteiger partial charge is 0.390 e. The van der Waals surface area contributed by atoms with Gasteiger partial charge in [0, 0.05) is 12.2 Å². The van der Waals surface area contributed by atoms with Crippen molar-refractivity contribution in [2.24, 2.45) is 0 Å². The van der Waals surface area contributed by atoms with Crippen molar-refractivity contribution in [3.63, 3.8) is 0 Å². The first-order valence-electron chi connectivity index (χ1n) is 6.58. The van der Waals surface area contributed by atoms with E-state index in [0.717, 1.165) is 11.3 Å². The molecule has 0 fully saturated rings. The summed E-state index contributed by atoms with van der Waals surface area (Å²) in [6.45, 7) is 4.08. The highest BCUT2D eigenvalue weighted by molar-refractivity contribution is 7.18. The molecule has 0 unspecified atom stereocenters. The van der Waals surface area contributed by atoms with Gasteiger partial charge >= 0.3 is 0 Å². The fourth-order valence-electron chi connectivity index (χ4n) is 1.99. The monoisotopic (exact) mass is 303 g/mol. The summed E-state index contributed by atoms with van der Waals surface area (Å²) in [6.07, 6.45) is 0. The molecule has 0 bridgehead atoms. The van der Waals surface area contributed by atoms with Gasteiger partial charge < -0.3 is 16.4 Å². The van der Waals surface area contributed by atoms with E-state index in [9.17, 15) is 9.59 Å². The van der Waals surface area contributed by atoms with Crippen LogP contribution in [0.2, 0.25) is 0 Å². The summed E-state index contributed by atoms with van der Waals surface area (Å²) in [4.78, 5) is 24.7. The van der Waals surface area contributed by atoms with Crippen LogP contribution in [0.5, 0.6) is 0 Å². The van der Waals surface area contributed by atoms with Crippen LogP contribution in [-0.4, -0.2) is 18.4 Å². The number of nitrogen functional groups attached to an aromatic ring is 1. The molecule has 0 spiro atoms. The molecule has 21 heavy (non-hydrogen) atoms. The van der Waals surface area contributed by atoms with Crippen molar-refractivity contribution in [2.45, 2.75) is 13.8 Å². The zero-order valence-corrected chi connectivity index (χ0v) is 12.7. The molecule has 6 heteroatoms. The molecule has 1 heterocycles. The van der Waals surface area contributed by atoms with Crippen LogP contribution < -0.4 is 16.4 Å². The van der Waals surface area contributed by atoms with Crippen LogP contribution in [0.15, 0.2) is 30.3 Å². The van der Waals surface area contributed by atoms with Crippen molar-refractivity contribution in [1.82, 2.24) is 5.32 Å². The highest BCUT2D eigenvalue weighted by atomic mass is 32.1. The van der Waals surface area contributed by atoms with E-state index in [1.54, 1.807) is 19.1 Å². The summed E-state index contributed by atoms with van der Waals surface area (Å²) in [5, 5.41) is 5.85. The normalized spacial score (nSPS) is 10.2. The Morgan fingerprint density at radius 3 is 2.48 bits per heavy atom. The summed E-state index contributed by atoms with van der Waals surface area (Å²) < 4.78 is 0. The van der Waals surface area contributed by atoms with Crippen LogP contribution in [0.1, 0.15) is 32.5 Å². The molecular weight excluding hydrogens is 286 g/mol. The third kappa shape index (κ3) is 3.22. The number of carbonyl (C=O) groups excluding carboxylic acids is 2. The van der Waals surface area contributed by atoms with Crippen molar-refractivity contribution in [2.75, 3.05) is 17.6 Å². The van der Waals surface area contributed by atoms with Gasteiger partial charge in [0.1, 0.15) is 0 Å². The summed E-state index contributed by atoms with van der Waals surface area (Å²) >= 11 is 1.13. The van der Waals surface area contributed by atoms with E-state index in [1.165, 1.54) is 0 Å². The Balaban J connectivity index is 2.27. The molecule has 0 aliphatic rings. The van der Waals surface area contributed by atoms with E-state index in [4.69, 9.17) is 5.73 Å². The predicted molar refractivity (Wildman–Crippen MR) is 85.9 cm³/mol. The molecule has 0 saturated carbocycles. The molecule has 2 amide bonds. The number of thiophene rings is 1. The van der Waals surface area contributed by atoms with Gasteiger partial charge in [0.2, 0.25) is 0 Å². The molecule has 1 aromatic carbocycles.